The number of H-pyrrole nitrogens is 1. The first-order valence-electron chi connectivity index (χ1n) is 5.20. The lowest BCUT2D eigenvalue weighted by Gasteiger charge is -2.00. The van der Waals surface area contributed by atoms with Crippen molar-refractivity contribution in [1.82, 2.24) is 15.0 Å². The Morgan fingerprint density at radius 1 is 1.28 bits per heavy atom. The summed E-state index contributed by atoms with van der Waals surface area (Å²) in [5.74, 6) is 0.460. The van der Waals surface area contributed by atoms with Crippen LogP contribution in [0.15, 0.2) is 35.1 Å². The zero-order chi connectivity index (χ0) is 12.5. The number of nitrogens with zero attached hydrogens (tertiary/aromatic N) is 2. The van der Waals surface area contributed by atoms with E-state index < -0.39 is 0 Å². The average Bonchev–Trinajstić information content (AvgIpc) is 2.69. The van der Waals surface area contributed by atoms with Crippen LogP contribution in [0, 0.1) is 0 Å². The van der Waals surface area contributed by atoms with Crippen LogP contribution in [0.3, 0.4) is 0 Å². The number of fused-ring (bicyclic) bond motifs is 1. The van der Waals surface area contributed by atoms with Crippen LogP contribution in [0.1, 0.15) is 0 Å². The van der Waals surface area contributed by atoms with Crippen molar-refractivity contribution in [2.45, 2.75) is 0 Å². The summed E-state index contributed by atoms with van der Waals surface area (Å²) in [7, 11) is 0. The molecule has 0 saturated carbocycles. The number of nitrogens with one attached hydrogen (secondary N) is 2. The molecule has 3 rings (SSSR count). The van der Waals surface area contributed by atoms with Gasteiger partial charge < -0.3 is 11.1 Å². The molecule has 0 bridgehead atoms. The minimum Gasteiger partial charge on any atom is -0.383 e. The molecule has 0 saturated heterocycles. The highest BCUT2D eigenvalue weighted by atomic mass is 32.1. The first-order chi connectivity index (χ1) is 8.70. The van der Waals surface area contributed by atoms with Crippen molar-refractivity contribution in [2.75, 3.05) is 11.1 Å². The molecule has 0 unspecified atom stereocenters. The number of benzene rings is 1. The van der Waals surface area contributed by atoms with E-state index in [0.717, 1.165) is 10.2 Å². The van der Waals surface area contributed by atoms with E-state index >= 15 is 0 Å². The smallest absolute Gasteiger partial charge is 0.254 e. The van der Waals surface area contributed by atoms with E-state index in [4.69, 9.17) is 5.73 Å². The number of aromatic nitrogens is 3. The third-order valence-electron chi connectivity index (χ3n) is 2.28. The third kappa shape index (κ3) is 2.03. The number of aromatic amines is 1. The summed E-state index contributed by atoms with van der Waals surface area (Å²) in [6, 6.07) is 9.00. The molecule has 7 heteroatoms. The Labute approximate surface area is 106 Å². The van der Waals surface area contributed by atoms with Crippen molar-refractivity contribution in [1.29, 1.82) is 0 Å². The molecule has 90 valence electrons. The highest BCUT2D eigenvalue weighted by molar-refractivity contribution is 7.22. The second-order valence-corrected chi connectivity index (χ2v) is 4.66. The predicted octanol–water partition coefficient (Wildman–Crippen LogP) is 1.71. The maximum Gasteiger partial charge on any atom is 0.254 e. The zero-order valence-corrected chi connectivity index (χ0v) is 9.99. The summed E-state index contributed by atoms with van der Waals surface area (Å²) in [4.78, 5) is 22.1. The van der Waals surface area contributed by atoms with Crippen molar-refractivity contribution in [3.8, 4) is 0 Å². The fraction of sp³-hybridized carbons (Fsp3) is 0. The normalized spacial score (nSPS) is 10.7. The van der Waals surface area contributed by atoms with E-state index in [1.807, 2.05) is 24.3 Å². The maximum atomic E-state index is 11.2. The van der Waals surface area contributed by atoms with Gasteiger partial charge in [-0.15, -0.1) is 0 Å². The Bertz CT molecular complexity index is 730. The molecule has 1 aromatic carbocycles. The van der Waals surface area contributed by atoms with Crippen LogP contribution in [0.4, 0.5) is 16.9 Å². The number of para-hydroxylation sites is 1. The number of hydrogen-bond donors (Lipinski definition) is 3. The first kappa shape index (κ1) is 10.7. The number of hydrogen-bond acceptors (Lipinski definition) is 6. The monoisotopic (exact) mass is 259 g/mol. The summed E-state index contributed by atoms with van der Waals surface area (Å²) < 4.78 is 1.06. The number of anilines is 3. The summed E-state index contributed by atoms with van der Waals surface area (Å²) in [6.45, 7) is 0. The molecule has 0 amide bonds. The molecule has 6 nitrogen and oxygen atoms in total. The van der Waals surface area contributed by atoms with Crippen LogP contribution in [-0.4, -0.2) is 15.0 Å². The second kappa shape index (κ2) is 4.11. The van der Waals surface area contributed by atoms with Gasteiger partial charge in [0.15, 0.2) is 5.13 Å². The second-order valence-electron chi connectivity index (χ2n) is 3.63. The van der Waals surface area contributed by atoms with E-state index in [1.165, 1.54) is 17.4 Å². The summed E-state index contributed by atoms with van der Waals surface area (Å²) in [5.41, 5.74) is 6.10. The quantitative estimate of drug-likeness (QED) is 0.651. The van der Waals surface area contributed by atoms with Crippen LogP contribution in [-0.2, 0) is 0 Å². The molecule has 0 aliphatic carbocycles. The lowest BCUT2D eigenvalue weighted by Crippen LogP contribution is -2.11. The highest BCUT2D eigenvalue weighted by Gasteiger charge is 2.05. The minimum atomic E-state index is -0.300. The molecule has 0 radical (unpaired) electrons. The Balaban J connectivity index is 1.98. The maximum absolute atomic E-state index is 11.2. The van der Waals surface area contributed by atoms with Crippen LogP contribution >= 0.6 is 11.3 Å². The van der Waals surface area contributed by atoms with Gasteiger partial charge in [0.05, 0.1) is 10.2 Å². The third-order valence-corrected chi connectivity index (χ3v) is 3.23. The Hall–Kier alpha value is -2.41. The molecule has 3 aromatic rings. The first-order valence-corrected chi connectivity index (χ1v) is 6.02. The Kier molecular flexibility index (Phi) is 2.45. The molecule has 0 fully saturated rings. The highest BCUT2D eigenvalue weighted by Crippen LogP contribution is 2.26. The van der Waals surface area contributed by atoms with Crippen molar-refractivity contribution >= 4 is 38.5 Å². The lowest BCUT2D eigenvalue weighted by molar-refractivity contribution is 1.13. The Morgan fingerprint density at radius 2 is 2.11 bits per heavy atom. The molecule has 2 aromatic heterocycles. The number of nitrogens with two attached hydrogens (primary N) is 1. The van der Waals surface area contributed by atoms with Crippen LogP contribution < -0.4 is 16.6 Å². The minimum absolute atomic E-state index is 0.169. The van der Waals surface area contributed by atoms with Crippen LogP contribution in [0.2, 0.25) is 0 Å². The molecule has 0 aliphatic rings. The van der Waals surface area contributed by atoms with Gasteiger partial charge in [0.2, 0.25) is 5.95 Å². The van der Waals surface area contributed by atoms with Crippen molar-refractivity contribution in [2.24, 2.45) is 0 Å². The van der Waals surface area contributed by atoms with Crippen LogP contribution in [0.5, 0.6) is 0 Å². The molecular weight excluding hydrogens is 250 g/mol. The van der Waals surface area contributed by atoms with Gasteiger partial charge in [0.1, 0.15) is 5.82 Å². The Morgan fingerprint density at radius 3 is 2.89 bits per heavy atom. The zero-order valence-electron chi connectivity index (χ0n) is 9.18. The number of rotatable bonds is 2. The van der Waals surface area contributed by atoms with E-state index in [-0.39, 0.29) is 11.4 Å². The van der Waals surface area contributed by atoms with Gasteiger partial charge in [-0.2, -0.15) is 4.98 Å². The van der Waals surface area contributed by atoms with Gasteiger partial charge in [-0.05, 0) is 12.1 Å². The van der Waals surface area contributed by atoms with Gasteiger partial charge >= 0.3 is 0 Å². The molecule has 0 atom stereocenters. The fourth-order valence-corrected chi connectivity index (χ4v) is 2.43. The van der Waals surface area contributed by atoms with Crippen molar-refractivity contribution in [3.63, 3.8) is 0 Å². The molecule has 2 heterocycles. The van der Waals surface area contributed by atoms with E-state index in [9.17, 15) is 4.79 Å². The fourth-order valence-electron chi connectivity index (χ4n) is 1.56. The predicted molar refractivity (Wildman–Crippen MR) is 72.2 cm³/mol. The standard InChI is InChI=1S/C11H9N5OS/c12-8-5-9(17)15-10(14-8)16-11-13-6-3-1-2-4-7(6)18-11/h1-5H,(H4,12,13,14,15,16,17). The molecule has 4 N–H and O–H groups in total. The van der Waals surface area contributed by atoms with E-state index in [1.54, 1.807) is 0 Å². The largest absolute Gasteiger partial charge is 0.383 e. The average molecular weight is 259 g/mol. The van der Waals surface area contributed by atoms with Gasteiger partial charge in [-0.25, -0.2) is 4.98 Å². The molecule has 0 aliphatic heterocycles. The van der Waals surface area contributed by atoms with Crippen LogP contribution in [0.25, 0.3) is 10.2 Å². The van der Waals surface area contributed by atoms with Gasteiger partial charge in [0.25, 0.3) is 5.56 Å². The summed E-state index contributed by atoms with van der Waals surface area (Å²) in [6.07, 6.45) is 0. The number of thiazole rings is 1. The van der Waals surface area contributed by atoms with E-state index in [2.05, 4.69) is 20.3 Å². The van der Waals surface area contributed by atoms with Gasteiger partial charge in [-0.1, -0.05) is 23.5 Å². The molecule has 18 heavy (non-hydrogen) atoms. The SMILES string of the molecule is Nc1cc(=O)[nH]c(Nc2nc3ccccc3s2)n1. The van der Waals surface area contributed by atoms with Gasteiger partial charge in [0, 0.05) is 6.07 Å². The molecular formula is C11H9N5OS. The summed E-state index contributed by atoms with van der Waals surface area (Å²) in [5, 5.41) is 3.59. The lowest BCUT2D eigenvalue weighted by atomic mass is 10.3. The number of nitrogen functional groups attached to an aromatic ring is 1. The van der Waals surface area contributed by atoms with Crippen molar-refractivity contribution < 1.29 is 0 Å². The topological polar surface area (TPSA) is 96.7 Å². The molecule has 0 spiro atoms. The summed E-state index contributed by atoms with van der Waals surface area (Å²) >= 11 is 1.48. The van der Waals surface area contributed by atoms with Crippen molar-refractivity contribution in [3.05, 3.63) is 40.7 Å². The van der Waals surface area contributed by atoms with Gasteiger partial charge in [-0.3, -0.25) is 9.78 Å². The van der Waals surface area contributed by atoms with E-state index in [0.29, 0.717) is 11.1 Å².